The van der Waals surface area contributed by atoms with E-state index in [4.69, 9.17) is 10.2 Å². The van der Waals surface area contributed by atoms with E-state index in [0.29, 0.717) is 11.4 Å². The normalized spacial score (nSPS) is 14.9. The van der Waals surface area contributed by atoms with Gasteiger partial charge in [0, 0.05) is 16.8 Å². The van der Waals surface area contributed by atoms with Crippen molar-refractivity contribution in [2.45, 2.75) is 24.0 Å². The Kier molecular flexibility index (Phi) is 5.04. The van der Waals surface area contributed by atoms with E-state index >= 15 is 0 Å². The molecule has 2 atom stereocenters. The van der Waals surface area contributed by atoms with Gasteiger partial charge < -0.3 is 15.3 Å². The molecule has 0 aromatic carbocycles. The molecule has 3 N–H and O–H groups in total. The van der Waals surface area contributed by atoms with Crippen LogP contribution in [-0.2, 0) is 0 Å². The summed E-state index contributed by atoms with van der Waals surface area (Å²) >= 11 is 1.42. The average molecular weight is 229 g/mol. The second kappa shape index (κ2) is 6.07. The first-order valence-electron chi connectivity index (χ1n) is 4.69. The number of hydrogen-bond acceptors (Lipinski definition) is 5. The molecule has 15 heavy (non-hydrogen) atoms. The van der Waals surface area contributed by atoms with Gasteiger partial charge in [0.2, 0.25) is 0 Å². The molecule has 0 radical (unpaired) electrons. The summed E-state index contributed by atoms with van der Waals surface area (Å²) in [5.41, 5.74) is 0.627. The Hall–Kier alpha value is -0.620. The van der Waals surface area contributed by atoms with Crippen LogP contribution in [-0.4, -0.2) is 38.8 Å². The topological polar surface area (TPSA) is 73.6 Å². The van der Waals surface area contributed by atoms with Gasteiger partial charge in [0.25, 0.3) is 0 Å². The summed E-state index contributed by atoms with van der Waals surface area (Å²) in [6.07, 6.45) is 0.384. The monoisotopic (exact) mass is 229 g/mol. The van der Waals surface area contributed by atoms with Crippen LogP contribution in [0, 0.1) is 0 Å². The Morgan fingerprint density at radius 3 is 2.60 bits per heavy atom. The Morgan fingerprint density at radius 2 is 2.13 bits per heavy atom. The van der Waals surface area contributed by atoms with Crippen LogP contribution in [0.2, 0.25) is 0 Å². The molecular formula is C10H15NO3S. The van der Waals surface area contributed by atoms with E-state index in [9.17, 15) is 5.11 Å². The molecule has 0 aliphatic carbocycles. The Labute approximate surface area is 93.0 Å². The number of aliphatic hydroxyl groups excluding tert-OH is 3. The molecule has 1 unspecified atom stereocenters. The zero-order chi connectivity index (χ0) is 11.3. The Morgan fingerprint density at radius 1 is 1.40 bits per heavy atom. The van der Waals surface area contributed by atoms with E-state index < -0.39 is 12.2 Å². The molecule has 0 bridgehead atoms. The van der Waals surface area contributed by atoms with Crippen molar-refractivity contribution in [1.29, 1.82) is 0 Å². The maximum Gasteiger partial charge on any atom is 0.0931 e. The zero-order valence-electron chi connectivity index (χ0n) is 8.50. The van der Waals surface area contributed by atoms with Crippen molar-refractivity contribution in [3.63, 3.8) is 0 Å². The summed E-state index contributed by atoms with van der Waals surface area (Å²) in [6, 6.07) is 3.59. The predicted molar refractivity (Wildman–Crippen MR) is 58.7 cm³/mol. The lowest BCUT2D eigenvalue weighted by Crippen LogP contribution is -2.14. The smallest absolute Gasteiger partial charge is 0.0931 e. The molecule has 1 heterocycles. The number of nitrogens with zero attached hydrogens (tertiary/aromatic N) is 1. The quantitative estimate of drug-likeness (QED) is 0.644. The fourth-order valence-electron chi connectivity index (χ4n) is 0.969. The van der Waals surface area contributed by atoms with E-state index in [1.807, 2.05) is 6.07 Å². The highest BCUT2D eigenvalue weighted by Gasteiger charge is 2.05. The Balaban J connectivity index is 2.50. The van der Waals surface area contributed by atoms with Crippen LogP contribution in [0.5, 0.6) is 0 Å². The van der Waals surface area contributed by atoms with E-state index in [-0.39, 0.29) is 6.61 Å². The molecule has 1 aromatic heterocycles. The molecule has 1 rings (SSSR count). The molecule has 4 nitrogen and oxygen atoms in total. The Bertz CT molecular complexity index is 289. The number of pyridine rings is 1. The van der Waals surface area contributed by atoms with Crippen LogP contribution in [0.25, 0.3) is 0 Å². The second-order valence-corrected chi connectivity index (χ2v) is 4.34. The van der Waals surface area contributed by atoms with Crippen molar-refractivity contribution in [3.8, 4) is 0 Å². The standard InChI is InChI=1S/C10H15NO3S/c1-7(13)10-3-2-9(4-11-10)15-6-8(14)5-12/h2-4,7-8,12-14H,5-6H2,1H3/t7-,8?/m1/s1. The number of hydrogen-bond donors (Lipinski definition) is 3. The van der Waals surface area contributed by atoms with Gasteiger partial charge in [-0.3, -0.25) is 4.98 Å². The minimum Gasteiger partial charge on any atom is -0.394 e. The molecule has 84 valence electrons. The molecular weight excluding hydrogens is 214 g/mol. The van der Waals surface area contributed by atoms with E-state index in [0.717, 1.165) is 4.90 Å². The lowest BCUT2D eigenvalue weighted by atomic mass is 10.2. The molecule has 0 amide bonds. The first-order chi connectivity index (χ1) is 7.13. The molecule has 0 aliphatic rings. The maximum atomic E-state index is 9.23. The molecule has 0 fully saturated rings. The van der Waals surface area contributed by atoms with Crippen LogP contribution in [0.15, 0.2) is 23.2 Å². The van der Waals surface area contributed by atoms with Crippen molar-refractivity contribution in [3.05, 3.63) is 24.0 Å². The molecule has 1 aromatic rings. The van der Waals surface area contributed by atoms with Gasteiger partial charge >= 0.3 is 0 Å². The van der Waals surface area contributed by atoms with E-state index in [2.05, 4.69) is 4.98 Å². The van der Waals surface area contributed by atoms with Gasteiger partial charge in [0.1, 0.15) is 0 Å². The minimum absolute atomic E-state index is 0.230. The summed E-state index contributed by atoms with van der Waals surface area (Å²) in [5.74, 6) is 0.437. The summed E-state index contributed by atoms with van der Waals surface area (Å²) < 4.78 is 0. The third-order valence-corrected chi connectivity index (χ3v) is 2.97. The molecule has 0 saturated carbocycles. The van der Waals surface area contributed by atoms with Crippen molar-refractivity contribution in [2.75, 3.05) is 12.4 Å². The minimum atomic E-state index is -0.702. The highest BCUT2D eigenvalue weighted by atomic mass is 32.2. The van der Waals surface area contributed by atoms with Crippen molar-refractivity contribution in [1.82, 2.24) is 4.98 Å². The van der Waals surface area contributed by atoms with Gasteiger partial charge in [-0.1, -0.05) is 0 Å². The summed E-state index contributed by atoms with van der Waals surface area (Å²) in [4.78, 5) is 4.98. The number of aliphatic hydroxyl groups is 3. The van der Waals surface area contributed by atoms with E-state index in [1.165, 1.54) is 11.8 Å². The van der Waals surface area contributed by atoms with E-state index in [1.54, 1.807) is 19.2 Å². The van der Waals surface area contributed by atoms with Crippen molar-refractivity contribution in [2.24, 2.45) is 0 Å². The van der Waals surface area contributed by atoms with Gasteiger partial charge in [-0.05, 0) is 19.1 Å². The fourth-order valence-corrected chi connectivity index (χ4v) is 1.75. The molecule has 0 aliphatic heterocycles. The first kappa shape index (κ1) is 12.4. The lowest BCUT2D eigenvalue weighted by Gasteiger charge is -2.07. The third kappa shape index (κ3) is 4.17. The van der Waals surface area contributed by atoms with Gasteiger partial charge in [0.15, 0.2) is 0 Å². The predicted octanol–water partition coefficient (Wildman–Crippen LogP) is 0.580. The molecule has 5 heteroatoms. The average Bonchev–Trinajstić information content (AvgIpc) is 2.26. The summed E-state index contributed by atoms with van der Waals surface area (Å²) in [6.45, 7) is 1.43. The van der Waals surface area contributed by atoms with Gasteiger partial charge in [-0.2, -0.15) is 0 Å². The summed E-state index contributed by atoms with van der Waals surface area (Å²) in [7, 11) is 0. The fraction of sp³-hybridized carbons (Fsp3) is 0.500. The third-order valence-electron chi connectivity index (χ3n) is 1.84. The van der Waals surface area contributed by atoms with Crippen LogP contribution in [0.4, 0.5) is 0 Å². The SMILES string of the molecule is C[C@@H](O)c1ccc(SCC(O)CO)cn1. The van der Waals surface area contributed by atoms with Gasteiger partial charge in [-0.15, -0.1) is 11.8 Å². The first-order valence-corrected chi connectivity index (χ1v) is 5.67. The number of rotatable bonds is 5. The highest BCUT2D eigenvalue weighted by molar-refractivity contribution is 7.99. The number of thioether (sulfide) groups is 1. The summed E-state index contributed by atoms with van der Waals surface area (Å²) in [5, 5.41) is 27.0. The lowest BCUT2D eigenvalue weighted by molar-refractivity contribution is 0.113. The maximum absolute atomic E-state index is 9.23. The molecule has 0 spiro atoms. The largest absolute Gasteiger partial charge is 0.394 e. The van der Waals surface area contributed by atoms with Crippen molar-refractivity contribution < 1.29 is 15.3 Å². The zero-order valence-corrected chi connectivity index (χ0v) is 9.31. The van der Waals surface area contributed by atoms with Crippen LogP contribution >= 0.6 is 11.8 Å². The van der Waals surface area contributed by atoms with Gasteiger partial charge in [-0.25, -0.2) is 0 Å². The second-order valence-electron chi connectivity index (χ2n) is 3.24. The van der Waals surface area contributed by atoms with Crippen LogP contribution in [0.1, 0.15) is 18.7 Å². The van der Waals surface area contributed by atoms with Crippen LogP contribution < -0.4 is 0 Å². The highest BCUT2D eigenvalue weighted by Crippen LogP contribution is 2.19. The van der Waals surface area contributed by atoms with Gasteiger partial charge in [0.05, 0.1) is 24.5 Å². The number of aromatic nitrogens is 1. The van der Waals surface area contributed by atoms with Crippen LogP contribution in [0.3, 0.4) is 0 Å². The van der Waals surface area contributed by atoms with Crippen molar-refractivity contribution >= 4 is 11.8 Å². The molecule has 0 saturated heterocycles.